The van der Waals surface area contributed by atoms with Crippen LogP contribution in [-0.2, 0) is 21.9 Å². The topological polar surface area (TPSA) is 122 Å². The van der Waals surface area contributed by atoms with Gasteiger partial charge in [0.25, 0.3) is 15.9 Å². The summed E-state index contributed by atoms with van der Waals surface area (Å²) in [6, 6.07) is 5.27. The number of sulfonamides is 1. The molecule has 2 N–H and O–H groups in total. The van der Waals surface area contributed by atoms with E-state index in [2.05, 4.69) is 10.4 Å². The average Bonchev–Trinajstić information content (AvgIpc) is 3.02. The first-order chi connectivity index (χ1) is 13.1. The van der Waals surface area contributed by atoms with Crippen molar-refractivity contribution in [1.82, 2.24) is 15.1 Å². The van der Waals surface area contributed by atoms with Gasteiger partial charge in [-0.25, -0.2) is 13.2 Å². The molecule has 10 heteroatoms. The molecule has 1 heterocycles. The maximum atomic E-state index is 13.0. The van der Waals surface area contributed by atoms with Crippen molar-refractivity contribution in [3.63, 3.8) is 0 Å². The molecule has 1 amide bonds. The van der Waals surface area contributed by atoms with Crippen molar-refractivity contribution in [1.29, 1.82) is 0 Å². The molecular formula is C18H24N4O5S. The Bertz CT molecular complexity index is 966. The minimum Gasteiger partial charge on any atom is -0.480 e. The number of carbonyl (C=O) groups is 2. The first-order valence-electron chi connectivity index (χ1n) is 8.70. The van der Waals surface area contributed by atoms with Crippen LogP contribution < -0.4 is 9.62 Å². The van der Waals surface area contributed by atoms with Gasteiger partial charge < -0.3 is 10.4 Å². The van der Waals surface area contributed by atoms with Crippen LogP contribution in [-0.4, -0.2) is 48.3 Å². The number of carboxylic acid groups (broad SMARTS) is 1. The Balaban J connectivity index is 2.39. The van der Waals surface area contributed by atoms with Crippen LogP contribution in [0.15, 0.2) is 35.4 Å². The quantitative estimate of drug-likeness (QED) is 0.683. The number of aliphatic carboxylic acids is 1. The van der Waals surface area contributed by atoms with E-state index in [-0.39, 0.29) is 22.7 Å². The molecule has 0 aliphatic carbocycles. The summed E-state index contributed by atoms with van der Waals surface area (Å²) in [5.74, 6) is -1.81. The van der Waals surface area contributed by atoms with Crippen molar-refractivity contribution in [2.24, 2.45) is 7.05 Å². The monoisotopic (exact) mass is 408 g/mol. The van der Waals surface area contributed by atoms with Gasteiger partial charge in [-0.2, -0.15) is 5.10 Å². The lowest BCUT2D eigenvalue weighted by Gasteiger charge is -2.21. The fraction of sp³-hybridized carbons (Fsp3) is 0.389. The number of benzene rings is 1. The van der Waals surface area contributed by atoms with Crippen molar-refractivity contribution in [3.8, 4) is 0 Å². The van der Waals surface area contributed by atoms with Crippen molar-refractivity contribution >= 4 is 27.7 Å². The van der Waals surface area contributed by atoms with Crippen LogP contribution in [0.2, 0.25) is 0 Å². The molecule has 0 fully saturated rings. The van der Waals surface area contributed by atoms with Gasteiger partial charge in [0.1, 0.15) is 11.6 Å². The van der Waals surface area contributed by atoms with E-state index in [0.29, 0.717) is 6.42 Å². The highest BCUT2D eigenvalue weighted by molar-refractivity contribution is 7.92. The number of amides is 1. The highest BCUT2D eigenvalue weighted by atomic mass is 32.2. The van der Waals surface area contributed by atoms with Gasteiger partial charge in [0.2, 0.25) is 0 Å². The lowest BCUT2D eigenvalue weighted by molar-refractivity contribution is -0.139. The smallest absolute Gasteiger partial charge is 0.326 e. The second-order valence-corrected chi connectivity index (χ2v) is 8.41. The zero-order chi connectivity index (χ0) is 21.1. The molecule has 0 aliphatic heterocycles. The summed E-state index contributed by atoms with van der Waals surface area (Å²) >= 11 is 0. The van der Waals surface area contributed by atoms with Crippen LogP contribution in [0.4, 0.5) is 5.82 Å². The Morgan fingerprint density at radius 1 is 1.29 bits per heavy atom. The van der Waals surface area contributed by atoms with Gasteiger partial charge in [0.15, 0.2) is 5.82 Å². The fourth-order valence-electron chi connectivity index (χ4n) is 2.73. The van der Waals surface area contributed by atoms with Crippen molar-refractivity contribution in [2.75, 3.05) is 11.4 Å². The zero-order valence-electron chi connectivity index (χ0n) is 16.2. The van der Waals surface area contributed by atoms with Gasteiger partial charge in [-0.15, -0.1) is 0 Å². The Morgan fingerprint density at radius 2 is 1.89 bits per heavy atom. The van der Waals surface area contributed by atoms with E-state index < -0.39 is 27.9 Å². The highest BCUT2D eigenvalue weighted by Gasteiger charge is 2.30. The molecule has 152 valence electrons. The third kappa shape index (κ3) is 4.33. The van der Waals surface area contributed by atoms with E-state index in [1.165, 1.54) is 37.1 Å². The van der Waals surface area contributed by atoms with E-state index in [4.69, 9.17) is 0 Å². The summed E-state index contributed by atoms with van der Waals surface area (Å²) in [7, 11) is -1.11. The second-order valence-electron chi connectivity index (χ2n) is 6.44. The van der Waals surface area contributed by atoms with Crippen molar-refractivity contribution in [3.05, 3.63) is 41.6 Å². The second kappa shape index (κ2) is 8.42. The third-order valence-electron chi connectivity index (χ3n) is 4.31. The Kier molecular flexibility index (Phi) is 6.45. The first-order valence-corrected chi connectivity index (χ1v) is 10.1. The van der Waals surface area contributed by atoms with Crippen LogP contribution >= 0.6 is 0 Å². The number of rotatable bonds is 8. The summed E-state index contributed by atoms with van der Waals surface area (Å²) in [5, 5.41) is 15.7. The van der Waals surface area contributed by atoms with E-state index >= 15 is 0 Å². The minimum absolute atomic E-state index is 0.0250. The van der Waals surface area contributed by atoms with Gasteiger partial charge in [0, 0.05) is 14.1 Å². The Morgan fingerprint density at radius 3 is 2.43 bits per heavy atom. The Hall–Kier alpha value is -2.88. The maximum absolute atomic E-state index is 13.0. The zero-order valence-corrected chi connectivity index (χ0v) is 17.0. The lowest BCUT2D eigenvalue weighted by Crippen LogP contribution is -2.41. The molecule has 0 saturated heterocycles. The van der Waals surface area contributed by atoms with Crippen LogP contribution in [0, 0.1) is 6.92 Å². The van der Waals surface area contributed by atoms with Crippen molar-refractivity contribution in [2.45, 2.75) is 37.6 Å². The number of carbonyl (C=O) groups excluding carboxylic acids is 1. The largest absolute Gasteiger partial charge is 0.480 e. The molecule has 1 unspecified atom stereocenters. The SMILES string of the molecule is CCCC(NC(=O)c1cnn(C)c1N(C)S(=O)(=O)c1ccc(C)cc1)C(=O)O. The number of aromatic nitrogens is 2. The number of nitrogens with zero attached hydrogens (tertiary/aromatic N) is 3. The van der Waals surface area contributed by atoms with E-state index in [0.717, 1.165) is 9.87 Å². The number of carboxylic acids is 1. The van der Waals surface area contributed by atoms with E-state index in [1.807, 2.05) is 6.92 Å². The molecule has 9 nitrogen and oxygen atoms in total. The van der Waals surface area contributed by atoms with Crippen LogP contribution in [0.3, 0.4) is 0 Å². The number of anilines is 1. The van der Waals surface area contributed by atoms with Crippen LogP contribution in [0.1, 0.15) is 35.7 Å². The summed E-state index contributed by atoms with van der Waals surface area (Å²) in [6.45, 7) is 3.65. The molecule has 0 spiro atoms. The summed E-state index contributed by atoms with van der Waals surface area (Å²) in [6.07, 6.45) is 2.05. The summed E-state index contributed by atoms with van der Waals surface area (Å²) < 4.78 is 28.1. The van der Waals surface area contributed by atoms with Gasteiger partial charge >= 0.3 is 5.97 Å². The van der Waals surface area contributed by atoms with Gasteiger partial charge in [0.05, 0.1) is 11.1 Å². The van der Waals surface area contributed by atoms with Gasteiger partial charge in [-0.1, -0.05) is 31.0 Å². The van der Waals surface area contributed by atoms with Crippen LogP contribution in [0.25, 0.3) is 0 Å². The molecule has 0 aliphatic rings. The fourth-order valence-corrected chi connectivity index (χ4v) is 3.97. The number of nitrogens with one attached hydrogen (secondary N) is 1. The predicted molar refractivity (Wildman–Crippen MR) is 104 cm³/mol. The Labute approximate surface area is 164 Å². The minimum atomic E-state index is -3.94. The number of hydrogen-bond acceptors (Lipinski definition) is 5. The average molecular weight is 408 g/mol. The number of hydrogen-bond donors (Lipinski definition) is 2. The third-order valence-corrected chi connectivity index (χ3v) is 6.07. The molecule has 2 aromatic rings. The molecule has 28 heavy (non-hydrogen) atoms. The summed E-state index contributed by atoms with van der Waals surface area (Å²) in [4.78, 5) is 24.0. The molecule has 1 aromatic heterocycles. The molecule has 1 aromatic carbocycles. The maximum Gasteiger partial charge on any atom is 0.326 e. The molecular weight excluding hydrogens is 384 g/mol. The highest BCUT2D eigenvalue weighted by Crippen LogP contribution is 2.25. The van der Waals surface area contributed by atoms with E-state index in [1.54, 1.807) is 19.1 Å². The standard InChI is InChI=1S/C18H24N4O5S/c1-5-6-15(18(24)25)20-16(23)14-11-19-21(3)17(14)22(4)28(26,27)13-9-7-12(2)8-10-13/h7-11,15H,5-6H2,1-4H3,(H,20,23)(H,24,25). The van der Waals surface area contributed by atoms with Gasteiger partial charge in [-0.3, -0.25) is 13.8 Å². The summed E-state index contributed by atoms with van der Waals surface area (Å²) in [5.41, 5.74) is 0.890. The predicted octanol–water partition coefficient (Wildman–Crippen LogP) is 1.54. The molecule has 0 radical (unpaired) electrons. The normalized spacial score (nSPS) is 12.4. The lowest BCUT2D eigenvalue weighted by atomic mass is 10.1. The molecule has 0 bridgehead atoms. The molecule has 0 saturated carbocycles. The number of aryl methyl sites for hydroxylation is 2. The van der Waals surface area contributed by atoms with Gasteiger partial charge in [-0.05, 0) is 25.5 Å². The van der Waals surface area contributed by atoms with Crippen molar-refractivity contribution < 1.29 is 23.1 Å². The first kappa shape index (κ1) is 21.4. The van der Waals surface area contributed by atoms with E-state index in [9.17, 15) is 23.1 Å². The molecule has 2 rings (SSSR count). The van der Waals surface area contributed by atoms with Crippen LogP contribution in [0.5, 0.6) is 0 Å². The molecule has 1 atom stereocenters.